The first-order chi connectivity index (χ1) is 6.91. The summed E-state index contributed by atoms with van der Waals surface area (Å²) in [5.41, 5.74) is 0. The summed E-state index contributed by atoms with van der Waals surface area (Å²) in [7, 11) is 0. The zero-order chi connectivity index (χ0) is 10.5. The summed E-state index contributed by atoms with van der Waals surface area (Å²) in [6, 6.07) is 0. The quantitative estimate of drug-likeness (QED) is 0.306. The molecule has 0 atom stereocenters. The van der Waals surface area contributed by atoms with E-state index in [0.717, 1.165) is 11.9 Å². The van der Waals surface area contributed by atoms with E-state index < -0.39 is 0 Å². The van der Waals surface area contributed by atoms with Crippen LogP contribution in [0.5, 0.6) is 0 Å². The molecule has 1 nitrogen and oxygen atoms in total. The average molecular weight is 263 g/mol. The first-order valence-electron chi connectivity index (χ1n) is 5.66. The fraction of sp³-hybridized carbons (Fsp3) is 0.833. The molecule has 0 amide bonds. The monoisotopic (exact) mass is 262 g/mol. The van der Waals surface area contributed by atoms with Gasteiger partial charge in [-0.2, -0.15) is 0 Å². The number of ether oxygens (including phenoxy) is 1. The van der Waals surface area contributed by atoms with Crippen LogP contribution in [0.25, 0.3) is 0 Å². The SMILES string of the molecule is C=CCOCCCCCCCCCBr. The molecule has 0 spiro atoms. The molecule has 0 aromatic rings. The molecule has 0 N–H and O–H groups in total. The van der Waals surface area contributed by atoms with Gasteiger partial charge in [0.25, 0.3) is 0 Å². The molecular formula is C12H23BrO. The molecule has 0 aromatic heterocycles. The molecule has 0 rings (SSSR count). The Morgan fingerprint density at radius 1 is 0.929 bits per heavy atom. The lowest BCUT2D eigenvalue weighted by molar-refractivity contribution is 0.157. The maximum atomic E-state index is 5.30. The van der Waals surface area contributed by atoms with Gasteiger partial charge in [0.1, 0.15) is 0 Å². The van der Waals surface area contributed by atoms with Gasteiger partial charge in [0.05, 0.1) is 6.61 Å². The molecule has 0 saturated heterocycles. The van der Waals surface area contributed by atoms with Crippen molar-refractivity contribution in [2.75, 3.05) is 18.5 Å². The fourth-order valence-corrected chi connectivity index (χ4v) is 1.75. The highest BCUT2D eigenvalue weighted by Crippen LogP contribution is 2.07. The van der Waals surface area contributed by atoms with E-state index >= 15 is 0 Å². The standard InChI is InChI=1S/C12H23BrO/c1-2-11-14-12-9-7-5-3-4-6-8-10-13/h2H,1,3-12H2. The highest BCUT2D eigenvalue weighted by Gasteiger charge is 1.91. The van der Waals surface area contributed by atoms with Crippen molar-refractivity contribution in [3.8, 4) is 0 Å². The van der Waals surface area contributed by atoms with Crippen LogP contribution in [-0.2, 0) is 4.74 Å². The minimum Gasteiger partial charge on any atom is -0.377 e. The predicted molar refractivity (Wildman–Crippen MR) is 67.1 cm³/mol. The van der Waals surface area contributed by atoms with Gasteiger partial charge >= 0.3 is 0 Å². The van der Waals surface area contributed by atoms with Crippen LogP contribution in [0.2, 0.25) is 0 Å². The fourth-order valence-electron chi connectivity index (χ4n) is 1.35. The van der Waals surface area contributed by atoms with E-state index in [1.54, 1.807) is 6.08 Å². The summed E-state index contributed by atoms with van der Waals surface area (Å²) in [5.74, 6) is 0. The Morgan fingerprint density at radius 2 is 1.50 bits per heavy atom. The smallest absolute Gasteiger partial charge is 0.0644 e. The molecular weight excluding hydrogens is 240 g/mol. The number of halogens is 1. The third-order valence-electron chi connectivity index (χ3n) is 2.16. The molecule has 0 saturated carbocycles. The van der Waals surface area contributed by atoms with Crippen LogP contribution in [0.4, 0.5) is 0 Å². The molecule has 0 fully saturated rings. The molecule has 84 valence electrons. The molecule has 0 heterocycles. The molecule has 0 aromatic carbocycles. The van der Waals surface area contributed by atoms with Crippen LogP contribution >= 0.6 is 15.9 Å². The summed E-state index contributed by atoms with van der Waals surface area (Å²) in [6.07, 6.45) is 11.1. The van der Waals surface area contributed by atoms with Gasteiger partial charge in [-0.3, -0.25) is 0 Å². The van der Waals surface area contributed by atoms with Crippen LogP contribution in [0.15, 0.2) is 12.7 Å². The van der Waals surface area contributed by atoms with Crippen LogP contribution in [0.1, 0.15) is 44.9 Å². The minimum atomic E-state index is 0.700. The van der Waals surface area contributed by atoms with Crippen molar-refractivity contribution in [1.82, 2.24) is 0 Å². The van der Waals surface area contributed by atoms with Gasteiger partial charge in [-0.05, 0) is 12.8 Å². The summed E-state index contributed by atoms with van der Waals surface area (Å²) in [6.45, 7) is 5.20. The molecule has 0 aliphatic carbocycles. The number of alkyl halides is 1. The highest BCUT2D eigenvalue weighted by molar-refractivity contribution is 9.09. The van der Waals surface area contributed by atoms with Crippen molar-refractivity contribution in [3.05, 3.63) is 12.7 Å². The number of hydrogen-bond donors (Lipinski definition) is 0. The molecule has 0 unspecified atom stereocenters. The maximum absolute atomic E-state index is 5.30. The summed E-state index contributed by atoms with van der Waals surface area (Å²) in [5, 5.41) is 1.16. The van der Waals surface area contributed by atoms with Gasteiger partial charge in [-0.15, -0.1) is 6.58 Å². The van der Waals surface area contributed by atoms with Crippen LogP contribution < -0.4 is 0 Å². The van der Waals surface area contributed by atoms with Gasteiger partial charge in [0.2, 0.25) is 0 Å². The van der Waals surface area contributed by atoms with Gasteiger partial charge in [0, 0.05) is 11.9 Å². The lowest BCUT2D eigenvalue weighted by atomic mass is 10.1. The Balaban J connectivity index is 2.81. The lowest BCUT2D eigenvalue weighted by Crippen LogP contribution is -1.93. The topological polar surface area (TPSA) is 9.23 Å². The Hall–Kier alpha value is 0.180. The van der Waals surface area contributed by atoms with E-state index in [1.165, 1.54) is 44.9 Å². The van der Waals surface area contributed by atoms with E-state index in [2.05, 4.69) is 22.5 Å². The van der Waals surface area contributed by atoms with Crippen molar-refractivity contribution in [3.63, 3.8) is 0 Å². The van der Waals surface area contributed by atoms with E-state index in [9.17, 15) is 0 Å². The van der Waals surface area contributed by atoms with Crippen molar-refractivity contribution in [2.45, 2.75) is 44.9 Å². The van der Waals surface area contributed by atoms with E-state index in [-0.39, 0.29) is 0 Å². The first-order valence-corrected chi connectivity index (χ1v) is 6.78. The molecule has 0 aliphatic rings. The van der Waals surface area contributed by atoms with E-state index in [1.807, 2.05) is 0 Å². The summed E-state index contributed by atoms with van der Waals surface area (Å²) in [4.78, 5) is 0. The molecule has 2 heteroatoms. The number of unbranched alkanes of at least 4 members (excludes halogenated alkanes) is 6. The van der Waals surface area contributed by atoms with Crippen molar-refractivity contribution in [1.29, 1.82) is 0 Å². The normalized spacial score (nSPS) is 10.4. The molecule has 0 radical (unpaired) electrons. The van der Waals surface area contributed by atoms with Crippen LogP contribution in [0, 0.1) is 0 Å². The second-order valence-electron chi connectivity index (χ2n) is 3.53. The molecule has 0 bridgehead atoms. The summed E-state index contributed by atoms with van der Waals surface area (Å²) >= 11 is 3.44. The molecule has 0 aliphatic heterocycles. The lowest BCUT2D eigenvalue weighted by Gasteiger charge is -2.01. The maximum Gasteiger partial charge on any atom is 0.0644 e. The molecule has 14 heavy (non-hydrogen) atoms. The van der Waals surface area contributed by atoms with Gasteiger partial charge in [-0.1, -0.05) is 54.1 Å². The zero-order valence-electron chi connectivity index (χ0n) is 9.14. The Labute approximate surface area is 97.0 Å². The van der Waals surface area contributed by atoms with Gasteiger partial charge < -0.3 is 4.74 Å². The third-order valence-corrected chi connectivity index (χ3v) is 2.72. The zero-order valence-corrected chi connectivity index (χ0v) is 10.7. The van der Waals surface area contributed by atoms with Crippen molar-refractivity contribution < 1.29 is 4.74 Å². The van der Waals surface area contributed by atoms with Crippen molar-refractivity contribution >= 4 is 15.9 Å². The summed E-state index contributed by atoms with van der Waals surface area (Å²) < 4.78 is 5.30. The second kappa shape index (κ2) is 13.2. The third kappa shape index (κ3) is 12.2. The average Bonchev–Trinajstić information content (AvgIpc) is 2.21. The Bertz CT molecular complexity index is 115. The Kier molecular flexibility index (Phi) is 13.3. The first kappa shape index (κ1) is 14.2. The largest absolute Gasteiger partial charge is 0.377 e. The number of rotatable bonds is 11. The van der Waals surface area contributed by atoms with Gasteiger partial charge in [-0.25, -0.2) is 0 Å². The van der Waals surface area contributed by atoms with E-state index in [4.69, 9.17) is 4.74 Å². The second-order valence-corrected chi connectivity index (χ2v) is 4.32. The minimum absolute atomic E-state index is 0.700. The van der Waals surface area contributed by atoms with Crippen LogP contribution in [0.3, 0.4) is 0 Å². The van der Waals surface area contributed by atoms with E-state index in [0.29, 0.717) is 6.61 Å². The predicted octanol–water partition coefficient (Wildman–Crippen LogP) is 4.31. The van der Waals surface area contributed by atoms with Gasteiger partial charge in [0.15, 0.2) is 0 Å². The number of hydrogen-bond acceptors (Lipinski definition) is 1. The Morgan fingerprint density at radius 3 is 2.07 bits per heavy atom. The van der Waals surface area contributed by atoms with Crippen molar-refractivity contribution in [2.24, 2.45) is 0 Å². The highest BCUT2D eigenvalue weighted by atomic mass is 79.9. The van der Waals surface area contributed by atoms with Crippen LogP contribution in [-0.4, -0.2) is 18.5 Å².